The largest absolute Gasteiger partial charge is 0.468 e. The Labute approximate surface area is 165 Å². The van der Waals surface area contributed by atoms with Crippen LogP contribution in [0.3, 0.4) is 0 Å². The monoisotopic (exact) mass is 407 g/mol. The minimum atomic E-state index is -4.54. The Bertz CT molecular complexity index is 937. The lowest BCUT2D eigenvalue weighted by molar-refractivity contribution is -0.137. The molecule has 0 bridgehead atoms. The molecule has 2 amide bonds. The number of furan rings is 1. The van der Waals surface area contributed by atoms with Gasteiger partial charge in [-0.05, 0) is 50.5 Å². The van der Waals surface area contributed by atoms with Crippen LogP contribution in [0.25, 0.3) is 5.69 Å². The molecule has 0 aliphatic heterocycles. The molecule has 0 spiro atoms. The Morgan fingerprint density at radius 3 is 2.66 bits per heavy atom. The number of aromatic nitrogens is 2. The molecular weight excluding hydrogens is 387 g/mol. The van der Waals surface area contributed by atoms with Gasteiger partial charge in [-0.2, -0.15) is 18.3 Å². The van der Waals surface area contributed by atoms with E-state index in [4.69, 9.17) is 4.42 Å². The summed E-state index contributed by atoms with van der Waals surface area (Å²) in [5, 5.41) is 9.18. The summed E-state index contributed by atoms with van der Waals surface area (Å²) in [5.74, 6) is 0.659. The average molecular weight is 407 g/mol. The first kappa shape index (κ1) is 20.5. The van der Waals surface area contributed by atoms with E-state index in [-0.39, 0.29) is 18.3 Å². The van der Waals surface area contributed by atoms with Gasteiger partial charge in [0.25, 0.3) is 0 Å². The van der Waals surface area contributed by atoms with E-state index in [9.17, 15) is 18.0 Å². The maximum Gasteiger partial charge on any atom is 0.416 e. The highest BCUT2D eigenvalue weighted by Gasteiger charge is 2.31. The fourth-order valence-electron chi connectivity index (χ4n) is 2.80. The van der Waals surface area contributed by atoms with Crippen molar-refractivity contribution in [2.45, 2.75) is 12.2 Å². The fraction of sp³-hybridized carbons (Fsp3) is 0.263. The van der Waals surface area contributed by atoms with Gasteiger partial charge in [0.1, 0.15) is 5.76 Å². The summed E-state index contributed by atoms with van der Waals surface area (Å²) in [5.41, 5.74) is -0.570. The first-order valence-corrected chi connectivity index (χ1v) is 8.71. The molecule has 0 aliphatic rings. The molecule has 2 aromatic heterocycles. The Morgan fingerprint density at radius 1 is 1.28 bits per heavy atom. The Kier molecular flexibility index (Phi) is 5.92. The highest BCUT2D eigenvalue weighted by atomic mass is 19.4. The van der Waals surface area contributed by atoms with E-state index in [2.05, 4.69) is 15.7 Å². The number of anilines is 1. The molecule has 0 fully saturated rings. The zero-order valence-electron chi connectivity index (χ0n) is 15.8. The minimum Gasteiger partial charge on any atom is -0.468 e. The normalized spacial score (nSPS) is 12.8. The molecular formula is C19H20F3N5O2. The number of nitrogens with zero attached hydrogens (tertiary/aromatic N) is 3. The lowest BCUT2D eigenvalue weighted by atomic mass is 10.1. The molecule has 29 heavy (non-hydrogen) atoms. The summed E-state index contributed by atoms with van der Waals surface area (Å²) in [6.07, 6.45) is 0.0625. The summed E-state index contributed by atoms with van der Waals surface area (Å²) in [6, 6.07) is 7.37. The quantitative estimate of drug-likeness (QED) is 0.650. The molecule has 3 aromatic rings. The van der Waals surface area contributed by atoms with Crippen molar-refractivity contribution in [1.82, 2.24) is 20.0 Å². The van der Waals surface area contributed by atoms with Gasteiger partial charge < -0.3 is 15.1 Å². The van der Waals surface area contributed by atoms with Gasteiger partial charge in [-0.3, -0.25) is 4.90 Å². The first-order chi connectivity index (χ1) is 13.8. The molecule has 0 saturated heterocycles. The molecule has 0 saturated carbocycles. The van der Waals surface area contributed by atoms with E-state index in [0.717, 1.165) is 12.1 Å². The van der Waals surface area contributed by atoms with Gasteiger partial charge in [0.05, 0.1) is 29.2 Å². The van der Waals surface area contributed by atoms with Crippen molar-refractivity contribution in [3.8, 4) is 5.69 Å². The van der Waals surface area contributed by atoms with Gasteiger partial charge in [0, 0.05) is 18.9 Å². The molecule has 0 unspecified atom stereocenters. The van der Waals surface area contributed by atoms with Crippen LogP contribution in [0.1, 0.15) is 17.4 Å². The highest BCUT2D eigenvalue weighted by Crippen LogP contribution is 2.33. The zero-order valence-corrected chi connectivity index (χ0v) is 15.8. The number of benzene rings is 1. The number of hydrogen-bond acceptors (Lipinski definition) is 4. The van der Waals surface area contributed by atoms with Crippen molar-refractivity contribution in [2.24, 2.45) is 0 Å². The van der Waals surface area contributed by atoms with Gasteiger partial charge in [-0.25, -0.2) is 9.48 Å². The molecule has 0 radical (unpaired) electrons. The first-order valence-electron chi connectivity index (χ1n) is 8.71. The zero-order chi connectivity index (χ0) is 21.0. The molecule has 2 heterocycles. The van der Waals surface area contributed by atoms with Crippen LogP contribution >= 0.6 is 0 Å². The number of amides is 2. The summed E-state index contributed by atoms with van der Waals surface area (Å²) in [7, 11) is 3.66. The molecule has 0 aliphatic carbocycles. The maximum absolute atomic E-state index is 13.1. The van der Waals surface area contributed by atoms with Crippen molar-refractivity contribution in [3.63, 3.8) is 0 Å². The average Bonchev–Trinajstić information content (AvgIpc) is 3.35. The van der Waals surface area contributed by atoms with Crippen molar-refractivity contribution in [3.05, 3.63) is 66.4 Å². The van der Waals surface area contributed by atoms with Crippen molar-refractivity contribution in [2.75, 3.05) is 26.0 Å². The second-order valence-electron chi connectivity index (χ2n) is 6.51. The molecule has 1 aromatic carbocycles. The van der Waals surface area contributed by atoms with Crippen LogP contribution < -0.4 is 10.6 Å². The third-order valence-corrected chi connectivity index (χ3v) is 4.27. The number of alkyl halides is 3. The van der Waals surface area contributed by atoms with E-state index in [1.54, 1.807) is 24.4 Å². The van der Waals surface area contributed by atoms with E-state index in [1.807, 2.05) is 19.0 Å². The second kappa shape index (κ2) is 8.39. The molecule has 7 nitrogen and oxygen atoms in total. The van der Waals surface area contributed by atoms with E-state index in [1.165, 1.54) is 23.2 Å². The second-order valence-corrected chi connectivity index (χ2v) is 6.51. The van der Waals surface area contributed by atoms with Crippen LogP contribution in [-0.2, 0) is 6.18 Å². The number of nitrogens with one attached hydrogen (secondary N) is 2. The molecule has 1 atom stereocenters. The molecule has 3 rings (SSSR count). The predicted molar refractivity (Wildman–Crippen MR) is 101 cm³/mol. The number of halogens is 3. The van der Waals surface area contributed by atoms with Gasteiger partial charge in [-0.1, -0.05) is 0 Å². The number of carbonyl (C=O) groups excluding carboxylic acids is 1. The maximum atomic E-state index is 13.1. The minimum absolute atomic E-state index is 0.0135. The highest BCUT2D eigenvalue weighted by molar-refractivity contribution is 5.91. The van der Waals surface area contributed by atoms with Crippen LogP contribution in [0.5, 0.6) is 0 Å². The lowest BCUT2D eigenvalue weighted by Gasteiger charge is -2.23. The fourth-order valence-corrected chi connectivity index (χ4v) is 2.80. The molecule has 2 N–H and O–H groups in total. The number of urea groups is 1. The van der Waals surface area contributed by atoms with E-state index >= 15 is 0 Å². The standard InChI is InChI=1S/C19H20F3N5O2/c1-26(2)16(17-5-3-10-29-17)12-23-18(28)25-14-11-13(19(20,21)22)6-7-15(14)27-9-4-8-24-27/h3-11,16H,12H2,1-2H3,(H2,23,25,28)/t16-/m1/s1. The topological polar surface area (TPSA) is 75.3 Å². The van der Waals surface area contributed by atoms with Crippen LogP contribution in [-0.4, -0.2) is 41.4 Å². The summed E-state index contributed by atoms with van der Waals surface area (Å²) >= 11 is 0. The third kappa shape index (κ3) is 4.96. The van der Waals surface area contributed by atoms with Crippen molar-refractivity contribution < 1.29 is 22.4 Å². The number of likely N-dealkylation sites (N-methyl/N-ethyl adjacent to an activating group) is 1. The predicted octanol–water partition coefficient (Wildman–Crippen LogP) is 3.91. The molecule has 154 valence electrons. The SMILES string of the molecule is CN(C)[C@H](CNC(=O)Nc1cc(C(F)(F)F)ccc1-n1cccn1)c1ccco1. The molecule has 10 heteroatoms. The summed E-state index contributed by atoms with van der Waals surface area (Å²) < 4.78 is 46.1. The van der Waals surface area contributed by atoms with Crippen LogP contribution in [0.15, 0.2) is 59.5 Å². The van der Waals surface area contributed by atoms with E-state index < -0.39 is 17.8 Å². The van der Waals surface area contributed by atoms with Gasteiger partial charge in [0.2, 0.25) is 0 Å². The number of hydrogen-bond donors (Lipinski definition) is 2. The number of carbonyl (C=O) groups is 1. The van der Waals surface area contributed by atoms with Crippen LogP contribution in [0, 0.1) is 0 Å². The van der Waals surface area contributed by atoms with Crippen molar-refractivity contribution >= 4 is 11.7 Å². The van der Waals surface area contributed by atoms with Gasteiger partial charge in [0.15, 0.2) is 0 Å². The summed E-state index contributed by atoms with van der Waals surface area (Å²) in [4.78, 5) is 14.3. The van der Waals surface area contributed by atoms with Crippen LogP contribution in [0.2, 0.25) is 0 Å². The van der Waals surface area contributed by atoms with E-state index in [0.29, 0.717) is 11.4 Å². The Morgan fingerprint density at radius 2 is 2.07 bits per heavy atom. The third-order valence-electron chi connectivity index (χ3n) is 4.27. The van der Waals surface area contributed by atoms with Crippen molar-refractivity contribution in [1.29, 1.82) is 0 Å². The smallest absolute Gasteiger partial charge is 0.416 e. The van der Waals surface area contributed by atoms with Gasteiger partial charge in [-0.15, -0.1) is 0 Å². The number of rotatable bonds is 6. The van der Waals surface area contributed by atoms with Gasteiger partial charge >= 0.3 is 12.2 Å². The summed E-state index contributed by atoms with van der Waals surface area (Å²) in [6.45, 7) is 0.197. The van der Waals surface area contributed by atoms with Crippen LogP contribution in [0.4, 0.5) is 23.7 Å². The Hall–Kier alpha value is -3.27. The Balaban J connectivity index is 1.78. The lowest BCUT2D eigenvalue weighted by Crippen LogP contribution is -2.37.